The van der Waals surface area contributed by atoms with Crippen molar-refractivity contribution in [3.63, 3.8) is 0 Å². The largest absolute Gasteiger partial charge is 0.481 e. The van der Waals surface area contributed by atoms with Gasteiger partial charge >= 0.3 is 0 Å². The number of methoxy groups -OCH3 is 1. The molecule has 84 valence electrons. The van der Waals surface area contributed by atoms with Gasteiger partial charge in [-0.15, -0.1) is 0 Å². The summed E-state index contributed by atoms with van der Waals surface area (Å²) in [6, 6.07) is 2.00. The third kappa shape index (κ3) is 3.95. The van der Waals surface area contributed by atoms with E-state index in [4.69, 9.17) is 4.74 Å². The summed E-state index contributed by atoms with van der Waals surface area (Å²) in [6.07, 6.45) is 1.77. The summed E-state index contributed by atoms with van der Waals surface area (Å²) in [5.74, 6) is 1.38. The Bertz CT molecular complexity index is 315. The zero-order valence-electron chi connectivity index (χ0n) is 9.38. The third-order valence-electron chi connectivity index (χ3n) is 2.01. The topological polar surface area (TPSA) is 34.1 Å². The Kier molecular flexibility index (Phi) is 5.31. The summed E-state index contributed by atoms with van der Waals surface area (Å²) >= 11 is 2.31. The van der Waals surface area contributed by atoms with E-state index in [9.17, 15) is 0 Å². The number of pyridine rings is 1. The predicted molar refractivity (Wildman–Crippen MR) is 70.1 cm³/mol. The summed E-state index contributed by atoms with van der Waals surface area (Å²) in [5.41, 5.74) is 1.14. The number of rotatable bonds is 5. The zero-order valence-corrected chi connectivity index (χ0v) is 11.5. The Morgan fingerprint density at radius 1 is 1.53 bits per heavy atom. The minimum atomic E-state index is 0.658. The van der Waals surface area contributed by atoms with Crippen LogP contribution in [0.2, 0.25) is 0 Å². The Balaban J connectivity index is 2.66. The Morgan fingerprint density at radius 3 is 2.87 bits per heavy atom. The van der Waals surface area contributed by atoms with Crippen molar-refractivity contribution in [3.05, 3.63) is 21.4 Å². The van der Waals surface area contributed by atoms with E-state index in [1.165, 1.54) is 3.57 Å². The van der Waals surface area contributed by atoms with Crippen LogP contribution in [0.15, 0.2) is 12.3 Å². The van der Waals surface area contributed by atoms with Crippen LogP contribution >= 0.6 is 22.6 Å². The number of hydrogen-bond donors (Lipinski definition) is 1. The molecule has 0 bridgehead atoms. The van der Waals surface area contributed by atoms with E-state index in [-0.39, 0.29) is 0 Å². The van der Waals surface area contributed by atoms with Crippen molar-refractivity contribution >= 4 is 22.6 Å². The van der Waals surface area contributed by atoms with Gasteiger partial charge in [-0.25, -0.2) is 4.98 Å². The van der Waals surface area contributed by atoms with E-state index in [1.807, 2.05) is 6.07 Å². The van der Waals surface area contributed by atoms with E-state index >= 15 is 0 Å². The minimum absolute atomic E-state index is 0.658. The van der Waals surface area contributed by atoms with Crippen LogP contribution in [0, 0.1) is 9.49 Å². The fourth-order valence-corrected chi connectivity index (χ4v) is 1.86. The van der Waals surface area contributed by atoms with Crippen LogP contribution < -0.4 is 10.1 Å². The second kappa shape index (κ2) is 6.27. The Labute approximate surface area is 105 Å². The lowest BCUT2D eigenvalue weighted by Crippen LogP contribution is -2.20. The number of nitrogens with zero attached hydrogens (tertiary/aromatic N) is 1. The first-order chi connectivity index (χ1) is 7.15. The zero-order chi connectivity index (χ0) is 11.3. The fraction of sp³-hybridized carbons (Fsp3) is 0.545. The molecule has 0 fully saturated rings. The molecule has 0 amide bonds. The first-order valence-corrected chi connectivity index (χ1v) is 6.11. The third-order valence-corrected chi connectivity index (χ3v) is 3.02. The second-order valence-corrected chi connectivity index (χ2v) is 4.97. The lowest BCUT2D eigenvalue weighted by molar-refractivity contribution is 0.389. The van der Waals surface area contributed by atoms with Crippen molar-refractivity contribution in [1.29, 1.82) is 0 Å². The standard InChI is InChI=1S/C11H17IN2O/c1-8(2)6-13-7-9-10(12)4-5-14-11(9)15-3/h4-5,8,13H,6-7H2,1-3H3. The molecule has 0 saturated carbocycles. The molecule has 1 rings (SSSR count). The van der Waals surface area contributed by atoms with Gasteiger partial charge in [-0.3, -0.25) is 0 Å². The highest BCUT2D eigenvalue weighted by Crippen LogP contribution is 2.20. The van der Waals surface area contributed by atoms with Crippen LogP contribution in [0.1, 0.15) is 19.4 Å². The van der Waals surface area contributed by atoms with Crippen molar-refractivity contribution in [2.75, 3.05) is 13.7 Å². The Morgan fingerprint density at radius 2 is 2.27 bits per heavy atom. The number of halogens is 1. The maximum Gasteiger partial charge on any atom is 0.218 e. The molecule has 4 heteroatoms. The molecule has 0 aliphatic heterocycles. The monoisotopic (exact) mass is 320 g/mol. The second-order valence-electron chi connectivity index (χ2n) is 3.81. The summed E-state index contributed by atoms with van der Waals surface area (Å²) < 4.78 is 6.42. The number of nitrogens with one attached hydrogen (secondary N) is 1. The molecule has 0 unspecified atom stereocenters. The molecule has 0 atom stereocenters. The van der Waals surface area contributed by atoms with Crippen molar-refractivity contribution in [2.45, 2.75) is 20.4 Å². The quantitative estimate of drug-likeness (QED) is 0.846. The molecule has 0 spiro atoms. The van der Waals surface area contributed by atoms with Gasteiger partial charge < -0.3 is 10.1 Å². The van der Waals surface area contributed by atoms with E-state index in [2.05, 4.69) is 46.7 Å². The Hall–Kier alpha value is -0.360. The van der Waals surface area contributed by atoms with Crippen molar-refractivity contribution in [3.8, 4) is 5.88 Å². The molecule has 3 nitrogen and oxygen atoms in total. The average molecular weight is 320 g/mol. The van der Waals surface area contributed by atoms with Gasteiger partial charge in [0.2, 0.25) is 5.88 Å². The molecular formula is C11H17IN2O. The van der Waals surface area contributed by atoms with E-state index in [0.717, 1.165) is 24.5 Å². The van der Waals surface area contributed by atoms with Gasteiger partial charge in [0.1, 0.15) is 0 Å². The molecule has 15 heavy (non-hydrogen) atoms. The minimum Gasteiger partial charge on any atom is -0.481 e. The normalized spacial score (nSPS) is 10.7. The first kappa shape index (κ1) is 12.7. The lowest BCUT2D eigenvalue weighted by Gasteiger charge is -2.11. The van der Waals surface area contributed by atoms with Crippen LogP contribution in [0.4, 0.5) is 0 Å². The van der Waals surface area contributed by atoms with Gasteiger partial charge in [-0.2, -0.15) is 0 Å². The summed E-state index contributed by atoms with van der Waals surface area (Å²) in [4.78, 5) is 4.19. The van der Waals surface area contributed by atoms with Crippen molar-refractivity contribution in [1.82, 2.24) is 10.3 Å². The first-order valence-electron chi connectivity index (χ1n) is 5.03. The summed E-state index contributed by atoms with van der Waals surface area (Å²) in [7, 11) is 1.66. The SMILES string of the molecule is COc1nccc(I)c1CNCC(C)C. The molecule has 1 aromatic heterocycles. The molecule has 1 aromatic rings. The van der Waals surface area contributed by atoms with Gasteiger partial charge in [0.15, 0.2) is 0 Å². The predicted octanol–water partition coefficient (Wildman–Crippen LogP) is 2.44. The molecule has 0 aromatic carbocycles. The van der Waals surface area contributed by atoms with Gasteiger partial charge in [0, 0.05) is 21.9 Å². The maximum atomic E-state index is 5.23. The van der Waals surface area contributed by atoms with Crippen LogP contribution in [-0.4, -0.2) is 18.6 Å². The van der Waals surface area contributed by atoms with Gasteiger partial charge in [0.25, 0.3) is 0 Å². The summed E-state index contributed by atoms with van der Waals surface area (Å²) in [5, 5.41) is 3.39. The molecule has 0 aliphatic rings. The molecule has 0 radical (unpaired) electrons. The van der Waals surface area contributed by atoms with Crippen LogP contribution in [0.3, 0.4) is 0 Å². The lowest BCUT2D eigenvalue weighted by atomic mass is 10.2. The fourth-order valence-electron chi connectivity index (χ4n) is 1.27. The van der Waals surface area contributed by atoms with Crippen LogP contribution in [0.5, 0.6) is 5.88 Å². The summed E-state index contributed by atoms with van der Waals surface area (Å²) in [6.45, 7) is 6.21. The van der Waals surface area contributed by atoms with Crippen LogP contribution in [0.25, 0.3) is 0 Å². The van der Waals surface area contributed by atoms with E-state index < -0.39 is 0 Å². The molecule has 0 aliphatic carbocycles. The van der Waals surface area contributed by atoms with Crippen LogP contribution in [-0.2, 0) is 6.54 Å². The maximum absolute atomic E-state index is 5.23. The van der Waals surface area contributed by atoms with Gasteiger partial charge in [-0.05, 0) is 41.1 Å². The molecular weight excluding hydrogens is 303 g/mol. The average Bonchev–Trinajstić information content (AvgIpc) is 2.20. The highest BCUT2D eigenvalue weighted by molar-refractivity contribution is 14.1. The highest BCUT2D eigenvalue weighted by Gasteiger charge is 2.07. The molecule has 0 saturated heterocycles. The smallest absolute Gasteiger partial charge is 0.218 e. The van der Waals surface area contributed by atoms with Gasteiger partial charge in [-0.1, -0.05) is 13.8 Å². The number of aromatic nitrogens is 1. The highest BCUT2D eigenvalue weighted by atomic mass is 127. The van der Waals surface area contributed by atoms with Crippen molar-refractivity contribution in [2.24, 2.45) is 5.92 Å². The van der Waals surface area contributed by atoms with E-state index in [0.29, 0.717) is 5.92 Å². The molecule has 1 N–H and O–H groups in total. The van der Waals surface area contributed by atoms with Gasteiger partial charge in [0.05, 0.1) is 7.11 Å². The number of hydrogen-bond acceptors (Lipinski definition) is 3. The van der Waals surface area contributed by atoms with Crippen molar-refractivity contribution < 1.29 is 4.74 Å². The molecule has 1 heterocycles. The number of ether oxygens (including phenoxy) is 1. The van der Waals surface area contributed by atoms with E-state index in [1.54, 1.807) is 13.3 Å².